The van der Waals surface area contributed by atoms with Crippen LogP contribution < -0.4 is 5.32 Å². The van der Waals surface area contributed by atoms with Crippen LogP contribution >= 0.6 is 0 Å². The number of unbranched alkanes of at least 4 members (excludes halogenated alkanes) is 2. The van der Waals surface area contributed by atoms with Gasteiger partial charge in [-0.15, -0.1) is 0 Å². The van der Waals surface area contributed by atoms with Crippen molar-refractivity contribution in [3.63, 3.8) is 0 Å². The average Bonchev–Trinajstić information content (AvgIpc) is 2.44. The minimum Gasteiger partial charge on any atom is -0.316 e. The summed E-state index contributed by atoms with van der Waals surface area (Å²) in [7, 11) is 1.96. The van der Waals surface area contributed by atoms with E-state index in [1.165, 1.54) is 50.0 Å². The van der Waals surface area contributed by atoms with Crippen LogP contribution in [0.15, 0.2) is 18.3 Å². The van der Waals surface area contributed by atoms with Crippen molar-refractivity contribution in [3.05, 3.63) is 29.6 Å². The number of nitrogens with one attached hydrogen (secondary N) is 1. The molecule has 0 atom stereocenters. The highest BCUT2D eigenvalue weighted by atomic mass is 15.1. The molecule has 108 valence electrons. The van der Waals surface area contributed by atoms with Crippen LogP contribution in [0, 0.1) is 0 Å². The Bertz CT molecular complexity index is 313. The molecular formula is C16H29N3. The largest absolute Gasteiger partial charge is 0.316 e. The first kappa shape index (κ1) is 16.1. The highest BCUT2D eigenvalue weighted by Crippen LogP contribution is 2.07. The maximum Gasteiger partial charge on any atom is 0.0544 e. The summed E-state index contributed by atoms with van der Waals surface area (Å²) in [6.07, 6.45) is 7.07. The fourth-order valence-corrected chi connectivity index (χ4v) is 2.12. The Hall–Kier alpha value is -0.930. The first-order chi connectivity index (χ1) is 9.30. The quantitative estimate of drug-likeness (QED) is 0.702. The SMILES string of the molecule is CCCCN(CCCC)Cc1ccc(CNC)cn1. The van der Waals surface area contributed by atoms with E-state index in [0.717, 1.165) is 13.1 Å². The first-order valence-electron chi connectivity index (χ1n) is 7.60. The molecule has 0 bridgehead atoms. The zero-order chi connectivity index (χ0) is 13.9. The third kappa shape index (κ3) is 6.69. The first-order valence-corrected chi connectivity index (χ1v) is 7.60. The molecule has 0 fully saturated rings. The van der Waals surface area contributed by atoms with Crippen LogP contribution in [0.3, 0.4) is 0 Å². The summed E-state index contributed by atoms with van der Waals surface area (Å²) < 4.78 is 0. The van der Waals surface area contributed by atoms with E-state index in [9.17, 15) is 0 Å². The predicted molar refractivity (Wildman–Crippen MR) is 82.1 cm³/mol. The van der Waals surface area contributed by atoms with Gasteiger partial charge in [-0.05, 0) is 44.6 Å². The van der Waals surface area contributed by atoms with E-state index < -0.39 is 0 Å². The molecule has 19 heavy (non-hydrogen) atoms. The molecular weight excluding hydrogens is 234 g/mol. The van der Waals surface area contributed by atoms with Gasteiger partial charge in [0.05, 0.1) is 5.69 Å². The van der Waals surface area contributed by atoms with Gasteiger partial charge in [-0.3, -0.25) is 9.88 Å². The highest BCUT2D eigenvalue weighted by molar-refractivity contribution is 5.13. The smallest absolute Gasteiger partial charge is 0.0544 e. The van der Waals surface area contributed by atoms with Gasteiger partial charge in [-0.2, -0.15) is 0 Å². The Labute approximate surface area is 118 Å². The molecule has 0 saturated carbocycles. The third-order valence-electron chi connectivity index (χ3n) is 3.31. The van der Waals surface area contributed by atoms with Crippen molar-refractivity contribution in [1.82, 2.24) is 15.2 Å². The summed E-state index contributed by atoms with van der Waals surface area (Å²) in [4.78, 5) is 7.11. The molecule has 0 radical (unpaired) electrons. The molecule has 1 aromatic rings. The fourth-order valence-electron chi connectivity index (χ4n) is 2.12. The lowest BCUT2D eigenvalue weighted by Crippen LogP contribution is -2.26. The number of rotatable bonds is 10. The summed E-state index contributed by atoms with van der Waals surface area (Å²) in [5.74, 6) is 0. The summed E-state index contributed by atoms with van der Waals surface area (Å²) in [6.45, 7) is 8.76. The molecule has 0 saturated heterocycles. The van der Waals surface area contributed by atoms with E-state index in [0.29, 0.717) is 0 Å². The van der Waals surface area contributed by atoms with E-state index in [1.54, 1.807) is 0 Å². The van der Waals surface area contributed by atoms with Gasteiger partial charge < -0.3 is 5.32 Å². The van der Waals surface area contributed by atoms with Crippen LogP contribution in [0.25, 0.3) is 0 Å². The number of hydrogen-bond donors (Lipinski definition) is 1. The van der Waals surface area contributed by atoms with Crippen LogP contribution in [0.2, 0.25) is 0 Å². The molecule has 0 spiro atoms. The van der Waals surface area contributed by atoms with E-state index in [2.05, 4.69) is 41.2 Å². The lowest BCUT2D eigenvalue weighted by Gasteiger charge is -2.21. The molecule has 3 nitrogen and oxygen atoms in total. The molecule has 0 amide bonds. The Morgan fingerprint density at radius 3 is 2.26 bits per heavy atom. The summed E-state index contributed by atoms with van der Waals surface area (Å²) in [5, 5.41) is 3.15. The van der Waals surface area contributed by atoms with Crippen molar-refractivity contribution in [2.45, 2.75) is 52.6 Å². The molecule has 1 rings (SSSR count). The standard InChI is InChI=1S/C16H29N3/c1-4-6-10-19(11-7-5-2)14-16-9-8-15(12-17-3)13-18-16/h8-9,13,17H,4-7,10-12,14H2,1-3H3. The minimum atomic E-state index is 0.892. The molecule has 0 aliphatic carbocycles. The van der Waals surface area contributed by atoms with Gasteiger partial charge in [0.15, 0.2) is 0 Å². The zero-order valence-corrected chi connectivity index (χ0v) is 12.8. The zero-order valence-electron chi connectivity index (χ0n) is 12.8. The predicted octanol–water partition coefficient (Wildman–Crippen LogP) is 3.20. The second-order valence-electron chi connectivity index (χ2n) is 5.17. The second-order valence-corrected chi connectivity index (χ2v) is 5.17. The van der Waals surface area contributed by atoms with Gasteiger partial charge in [-0.25, -0.2) is 0 Å². The Morgan fingerprint density at radius 1 is 1.11 bits per heavy atom. The van der Waals surface area contributed by atoms with Gasteiger partial charge in [0.2, 0.25) is 0 Å². The van der Waals surface area contributed by atoms with Crippen molar-refractivity contribution in [2.24, 2.45) is 0 Å². The van der Waals surface area contributed by atoms with E-state index in [4.69, 9.17) is 0 Å². The van der Waals surface area contributed by atoms with Gasteiger partial charge in [0, 0.05) is 19.3 Å². The van der Waals surface area contributed by atoms with Gasteiger partial charge in [-0.1, -0.05) is 32.8 Å². The van der Waals surface area contributed by atoms with Crippen molar-refractivity contribution < 1.29 is 0 Å². The van der Waals surface area contributed by atoms with Crippen LogP contribution in [0.5, 0.6) is 0 Å². The molecule has 0 aliphatic heterocycles. The van der Waals surface area contributed by atoms with E-state index in [-0.39, 0.29) is 0 Å². The van der Waals surface area contributed by atoms with Crippen molar-refractivity contribution in [3.8, 4) is 0 Å². The summed E-state index contributed by atoms with van der Waals surface area (Å²) in [6, 6.07) is 4.34. The molecule has 0 aliphatic rings. The van der Waals surface area contributed by atoms with Gasteiger partial charge in [0.1, 0.15) is 0 Å². The summed E-state index contributed by atoms with van der Waals surface area (Å²) >= 11 is 0. The number of aromatic nitrogens is 1. The second kappa shape index (κ2) is 9.93. The van der Waals surface area contributed by atoms with Crippen LogP contribution in [-0.4, -0.2) is 30.0 Å². The van der Waals surface area contributed by atoms with Crippen molar-refractivity contribution in [2.75, 3.05) is 20.1 Å². The molecule has 0 unspecified atom stereocenters. The Balaban J connectivity index is 2.51. The lowest BCUT2D eigenvalue weighted by atomic mass is 10.2. The molecule has 1 N–H and O–H groups in total. The van der Waals surface area contributed by atoms with E-state index in [1.807, 2.05) is 13.2 Å². The molecule has 1 heterocycles. The molecule has 3 heteroatoms. The van der Waals surface area contributed by atoms with Crippen molar-refractivity contribution in [1.29, 1.82) is 0 Å². The maximum absolute atomic E-state index is 4.57. The lowest BCUT2D eigenvalue weighted by molar-refractivity contribution is 0.254. The monoisotopic (exact) mass is 263 g/mol. The van der Waals surface area contributed by atoms with Crippen LogP contribution in [-0.2, 0) is 13.1 Å². The summed E-state index contributed by atoms with van der Waals surface area (Å²) in [5.41, 5.74) is 2.44. The Kier molecular flexibility index (Phi) is 8.43. The normalized spacial score (nSPS) is 11.2. The molecule has 0 aromatic carbocycles. The topological polar surface area (TPSA) is 28.2 Å². The van der Waals surface area contributed by atoms with Crippen LogP contribution in [0.4, 0.5) is 0 Å². The minimum absolute atomic E-state index is 0.892. The third-order valence-corrected chi connectivity index (χ3v) is 3.31. The van der Waals surface area contributed by atoms with Gasteiger partial charge in [0.25, 0.3) is 0 Å². The average molecular weight is 263 g/mol. The molecule has 1 aromatic heterocycles. The van der Waals surface area contributed by atoms with Gasteiger partial charge >= 0.3 is 0 Å². The maximum atomic E-state index is 4.57. The van der Waals surface area contributed by atoms with E-state index >= 15 is 0 Å². The Morgan fingerprint density at radius 2 is 1.79 bits per heavy atom. The fraction of sp³-hybridized carbons (Fsp3) is 0.688. The number of pyridine rings is 1. The number of hydrogen-bond acceptors (Lipinski definition) is 3. The van der Waals surface area contributed by atoms with Crippen molar-refractivity contribution >= 4 is 0 Å². The van der Waals surface area contributed by atoms with Crippen LogP contribution in [0.1, 0.15) is 50.8 Å². The number of nitrogens with zero attached hydrogens (tertiary/aromatic N) is 2. The highest BCUT2D eigenvalue weighted by Gasteiger charge is 2.06.